The number of carboxylic acids is 1. The summed E-state index contributed by atoms with van der Waals surface area (Å²) >= 11 is 0. The first kappa shape index (κ1) is 7.78. The van der Waals surface area contributed by atoms with Crippen LogP contribution in [0.5, 0.6) is 0 Å². The van der Waals surface area contributed by atoms with Crippen molar-refractivity contribution < 1.29 is 9.90 Å². The minimum Gasteiger partial charge on any atom is -0.476 e. The number of aromatic carboxylic acids is 1. The van der Waals surface area contributed by atoms with E-state index in [0.29, 0.717) is 0 Å². The van der Waals surface area contributed by atoms with Gasteiger partial charge in [-0.05, 0) is 12.5 Å². The fourth-order valence-corrected chi connectivity index (χ4v) is 0.829. The van der Waals surface area contributed by atoms with Gasteiger partial charge in [-0.25, -0.2) is 4.79 Å². The number of carbonyl (C=O) groups is 1. The quantitative estimate of drug-likeness (QED) is 0.706. The Labute approximate surface area is 64.5 Å². The first-order chi connectivity index (χ1) is 5.24. The molecule has 0 atom stereocenters. The molecule has 4 nitrogen and oxygen atoms in total. The molecule has 0 saturated heterocycles. The monoisotopic (exact) mass is 154 g/mol. The second-order valence-corrected chi connectivity index (χ2v) is 2.27. The van der Waals surface area contributed by atoms with E-state index in [9.17, 15) is 4.79 Å². The van der Waals surface area contributed by atoms with E-state index < -0.39 is 5.97 Å². The second-order valence-electron chi connectivity index (χ2n) is 2.27. The molecule has 1 rings (SSSR count). The predicted octanol–water partition coefficient (Wildman–Crippen LogP) is 0.991. The van der Waals surface area contributed by atoms with Crippen LogP contribution in [0.1, 0.15) is 23.8 Å². The molecule has 0 saturated carbocycles. The van der Waals surface area contributed by atoms with Gasteiger partial charge in [0.05, 0.1) is 0 Å². The molecule has 0 aliphatic heterocycles. The molecular formula is C7H10N2O2. The van der Waals surface area contributed by atoms with Gasteiger partial charge in [0.25, 0.3) is 0 Å². The predicted molar refractivity (Wildman–Crippen MR) is 39.5 cm³/mol. The van der Waals surface area contributed by atoms with Crippen molar-refractivity contribution in [2.24, 2.45) is 0 Å². The molecule has 0 aliphatic rings. The molecule has 11 heavy (non-hydrogen) atoms. The van der Waals surface area contributed by atoms with Crippen molar-refractivity contribution >= 4 is 5.97 Å². The lowest BCUT2D eigenvalue weighted by atomic mass is 10.4. The van der Waals surface area contributed by atoms with Gasteiger partial charge >= 0.3 is 5.97 Å². The highest BCUT2D eigenvalue weighted by Crippen LogP contribution is 1.95. The Hall–Kier alpha value is -1.32. The van der Waals surface area contributed by atoms with Gasteiger partial charge in [0.1, 0.15) is 0 Å². The Morgan fingerprint density at radius 1 is 1.82 bits per heavy atom. The standard InChI is InChI=1S/C7H10N2O2/c1-2-4-9-5-3-6(8-9)7(10)11/h3,5H,2,4H2,1H3,(H,10,11). The average Bonchev–Trinajstić information content (AvgIpc) is 2.37. The third-order valence-corrected chi connectivity index (χ3v) is 1.31. The van der Waals surface area contributed by atoms with Gasteiger partial charge in [-0.1, -0.05) is 6.92 Å². The van der Waals surface area contributed by atoms with E-state index in [1.54, 1.807) is 10.9 Å². The van der Waals surface area contributed by atoms with Crippen molar-refractivity contribution in [3.8, 4) is 0 Å². The molecule has 0 amide bonds. The zero-order valence-corrected chi connectivity index (χ0v) is 6.32. The lowest BCUT2D eigenvalue weighted by Gasteiger charge is -1.94. The molecule has 0 fully saturated rings. The van der Waals surface area contributed by atoms with E-state index in [2.05, 4.69) is 5.10 Å². The SMILES string of the molecule is CCCn1ccc(C(=O)O)n1. The van der Waals surface area contributed by atoms with E-state index in [0.717, 1.165) is 13.0 Å². The van der Waals surface area contributed by atoms with Gasteiger partial charge in [-0.3, -0.25) is 4.68 Å². The maximum absolute atomic E-state index is 10.3. The first-order valence-corrected chi connectivity index (χ1v) is 3.50. The Morgan fingerprint density at radius 3 is 3.00 bits per heavy atom. The molecule has 0 radical (unpaired) electrons. The van der Waals surface area contributed by atoms with Crippen LogP contribution in [0.3, 0.4) is 0 Å². The molecule has 0 unspecified atom stereocenters. The Kier molecular flexibility index (Phi) is 2.25. The number of aryl methyl sites for hydroxylation is 1. The average molecular weight is 154 g/mol. The minimum atomic E-state index is -0.972. The van der Waals surface area contributed by atoms with Crippen molar-refractivity contribution in [2.45, 2.75) is 19.9 Å². The van der Waals surface area contributed by atoms with Crippen molar-refractivity contribution in [1.29, 1.82) is 0 Å². The van der Waals surface area contributed by atoms with Crippen LogP contribution in [-0.4, -0.2) is 20.9 Å². The molecule has 4 heteroatoms. The van der Waals surface area contributed by atoms with Crippen LogP contribution >= 0.6 is 0 Å². The van der Waals surface area contributed by atoms with Crippen molar-refractivity contribution in [2.75, 3.05) is 0 Å². The molecule has 0 aliphatic carbocycles. The van der Waals surface area contributed by atoms with E-state index in [4.69, 9.17) is 5.11 Å². The molecule has 0 spiro atoms. The minimum absolute atomic E-state index is 0.110. The molecule has 1 N–H and O–H groups in total. The Balaban J connectivity index is 2.73. The van der Waals surface area contributed by atoms with E-state index in [-0.39, 0.29) is 5.69 Å². The number of hydrogen-bond donors (Lipinski definition) is 1. The van der Waals surface area contributed by atoms with Crippen LogP contribution in [0.25, 0.3) is 0 Å². The molecule has 1 aromatic heterocycles. The van der Waals surface area contributed by atoms with Crippen LogP contribution < -0.4 is 0 Å². The highest BCUT2D eigenvalue weighted by atomic mass is 16.4. The smallest absolute Gasteiger partial charge is 0.356 e. The third-order valence-electron chi connectivity index (χ3n) is 1.31. The van der Waals surface area contributed by atoms with Gasteiger partial charge < -0.3 is 5.11 Å². The molecule has 0 aromatic carbocycles. The summed E-state index contributed by atoms with van der Waals surface area (Å²) in [4.78, 5) is 10.3. The summed E-state index contributed by atoms with van der Waals surface area (Å²) in [5.41, 5.74) is 0.110. The molecule has 1 heterocycles. The zero-order chi connectivity index (χ0) is 8.27. The Morgan fingerprint density at radius 2 is 2.55 bits per heavy atom. The fraction of sp³-hybridized carbons (Fsp3) is 0.429. The second kappa shape index (κ2) is 3.18. The largest absolute Gasteiger partial charge is 0.476 e. The van der Waals surface area contributed by atoms with Gasteiger partial charge in [0.15, 0.2) is 5.69 Å². The van der Waals surface area contributed by atoms with Gasteiger partial charge in [-0.15, -0.1) is 0 Å². The summed E-state index contributed by atoms with van der Waals surface area (Å²) in [7, 11) is 0. The summed E-state index contributed by atoms with van der Waals surface area (Å²) in [5.74, 6) is -0.972. The maximum atomic E-state index is 10.3. The molecular weight excluding hydrogens is 144 g/mol. The van der Waals surface area contributed by atoms with Crippen molar-refractivity contribution in [1.82, 2.24) is 9.78 Å². The number of nitrogens with zero attached hydrogens (tertiary/aromatic N) is 2. The van der Waals surface area contributed by atoms with E-state index in [1.165, 1.54) is 6.07 Å². The van der Waals surface area contributed by atoms with Crippen molar-refractivity contribution in [3.05, 3.63) is 18.0 Å². The normalized spacial score (nSPS) is 9.91. The number of rotatable bonds is 3. The fourth-order valence-electron chi connectivity index (χ4n) is 0.829. The van der Waals surface area contributed by atoms with Crippen LogP contribution in [-0.2, 0) is 6.54 Å². The molecule has 1 aromatic rings. The lowest BCUT2D eigenvalue weighted by molar-refractivity contribution is 0.0689. The van der Waals surface area contributed by atoms with E-state index >= 15 is 0 Å². The summed E-state index contributed by atoms with van der Waals surface area (Å²) in [6.07, 6.45) is 2.63. The van der Waals surface area contributed by atoms with Gasteiger partial charge in [0, 0.05) is 12.7 Å². The van der Waals surface area contributed by atoms with E-state index in [1.807, 2.05) is 6.92 Å². The number of aromatic nitrogens is 2. The molecule has 0 bridgehead atoms. The lowest BCUT2D eigenvalue weighted by Crippen LogP contribution is -2.01. The number of hydrogen-bond acceptors (Lipinski definition) is 2. The van der Waals surface area contributed by atoms with Crippen LogP contribution in [0.15, 0.2) is 12.3 Å². The highest BCUT2D eigenvalue weighted by molar-refractivity contribution is 5.84. The summed E-state index contributed by atoms with van der Waals surface area (Å²) < 4.78 is 1.63. The van der Waals surface area contributed by atoms with Crippen LogP contribution in [0, 0.1) is 0 Å². The third kappa shape index (κ3) is 1.80. The van der Waals surface area contributed by atoms with Crippen molar-refractivity contribution in [3.63, 3.8) is 0 Å². The number of carboxylic acid groups (broad SMARTS) is 1. The topological polar surface area (TPSA) is 55.1 Å². The molecule has 60 valence electrons. The van der Waals surface area contributed by atoms with Crippen LogP contribution in [0.4, 0.5) is 0 Å². The summed E-state index contributed by atoms with van der Waals surface area (Å²) in [6, 6.07) is 1.50. The highest BCUT2D eigenvalue weighted by Gasteiger charge is 2.04. The summed E-state index contributed by atoms with van der Waals surface area (Å²) in [5, 5.41) is 12.3. The van der Waals surface area contributed by atoms with Crippen LogP contribution in [0.2, 0.25) is 0 Å². The van der Waals surface area contributed by atoms with Gasteiger partial charge in [0.2, 0.25) is 0 Å². The van der Waals surface area contributed by atoms with Gasteiger partial charge in [-0.2, -0.15) is 5.10 Å². The summed E-state index contributed by atoms with van der Waals surface area (Å²) in [6.45, 7) is 2.79. The first-order valence-electron chi connectivity index (χ1n) is 3.50. The Bertz CT molecular complexity index is 255. The maximum Gasteiger partial charge on any atom is 0.356 e. The zero-order valence-electron chi connectivity index (χ0n) is 6.32.